The Hall–Kier alpha value is -1.95. The number of aryl methyl sites for hydroxylation is 1. The number of halogens is 1. The predicted octanol–water partition coefficient (Wildman–Crippen LogP) is 3.37. The number of anilines is 1. The molecule has 0 spiro atoms. The second-order valence-electron chi connectivity index (χ2n) is 4.64. The lowest BCUT2D eigenvalue weighted by Crippen LogP contribution is -2.11. The number of aromatic nitrogens is 4. The molecule has 0 fully saturated rings. The summed E-state index contributed by atoms with van der Waals surface area (Å²) >= 11 is 3.58. The van der Waals surface area contributed by atoms with Crippen molar-refractivity contribution in [1.82, 2.24) is 19.6 Å². The summed E-state index contributed by atoms with van der Waals surface area (Å²) in [5.74, 6) is 1.49. The zero-order valence-electron chi connectivity index (χ0n) is 11.2. The molecule has 20 heavy (non-hydrogen) atoms. The van der Waals surface area contributed by atoms with E-state index in [0.29, 0.717) is 5.78 Å². The first-order chi connectivity index (χ1) is 9.65. The van der Waals surface area contributed by atoms with Gasteiger partial charge in [0.15, 0.2) is 0 Å². The third-order valence-electron chi connectivity index (χ3n) is 3.12. The first-order valence-electron chi connectivity index (χ1n) is 6.33. The van der Waals surface area contributed by atoms with Crippen molar-refractivity contribution in [1.29, 1.82) is 0 Å². The van der Waals surface area contributed by atoms with Crippen molar-refractivity contribution in [3.05, 3.63) is 52.4 Å². The van der Waals surface area contributed by atoms with Crippen LogP contribution in [0.4, 0.5) is 5.82 Å². The number of hydrogen-bond donors (Lipinski definition) is 1. The molecule has 1 N–H and O–H groups in total. The summed E-state index contributed by atoms with van der Waals surface area (Å²) in [6.45, 7) is 4.06. The van der Waals surface area contributed by atoms with Gasteiger partial charge in [-0.05, 0) is 25.5 Å². The second kappa shape index (κ2) is 5.20. The first kappa shape index (κ1) is 13.1. The van der Waals surface area contributed by atoms with Gasteiger partial charge in [-0.3, -0.25) is 0 Å². The van der Waals surface area contributed by atoms with Gasteiger partial charge >= 0.3 is 0 Å². The first-order valence-corrected chi connectivity index (χ1v) is 7.13. The maximum atomic E-state index is 4.33. The molecule has 0 saturated carbocycles. The molecule has 0 saturated heterocycles. The Bertz CT molecular complexity index is 752. The van der Waals surface area contributed by atoms with Crippen molar-refractivity contribution in [2.45, 2.75) is 19.9 Å². The largest absolute Gasteiger partial charge is 0.363 e. The van der Waals surface area contributed by atoms with Crippen LogP contribution in [-0.4, -0.2) is 19.6 Å². The third-order valence-corrected chi connectivity index (χ3v) is 3.84. The van der Waals surface area contributed by atoms with Crippen molar-refractivity contribution in [2.24, 2.45) is 0 Å². The number of nitrogens with one attached hydrogen (secondary N) is 1. The van der Waals surface area contributed by atoms with Gasteiger partial charge in [0.25, 0.3) is 5.78 Å². The molecule has 3 rings (SSSR count). The number of hydrogen-bond acceptors (Lipinski definition) is 4. The van der Waals surface area contributed by atoms with E-state index in [4.69, 9.17) is 0 Å². The SMILES string of the molecule is Cc1cc(N[C@@H](C)c2ccccc2Br)n2ncnc2n1. The van der Waals surface area contributed by atoms with Gasteiger partial charge in [0, 0.05) is 16.2 Å². The molecule has 2 heterocycles. The van der Waals surface area contributed by atoms with E-state index < -0.39 is 0 Å². The van der Waals surface area contributed by atoms with E-state index in [1.807, 2.05) is 31.2 Å². The van der Waals surface area contributed by atoms with Gasteiger partial charge in [-0.15, -0.1) is 0 Å². The summed E-state index contributed by atoms with van der Waals surface area (Å²) in [6.07, 6.45) is 1.51. The predicted molar refractivity (Wildman–Crippen MR) is 81.7 cm³/mol. The Morgan fingerprint density at radius 1 is 1.30 bits per heavy atom. The van der Waals surface area contributed by atoms with E-state index in [-0.39, 0.29) is 6.04 Å². The summed E-state index contributed by atoms with van der Waals surface area (Å²) < 4.78 is 2.79. The van der Waals surface area contributed by atoms with Gasteiger partial charge in [0.05, 0.1) is 6.04 Å². The van der Waals surface area contributed by atoms with Gasteiger partial charge in [-0.2, -0.15) is 14.6 Å². The van der Waals surface area contributed by atoms with E-state index in [2.05, 4.69) is 49.3 Å². The van der Waals surface area contributed by atoms with Crippen LogP contribution in [0.1, 0.15) is 24.2 Å². The monoisotopic (exact) mass is 331 g/mol. The number of nitrogens with zero attached hydrogens (tertiary/aromatic N) is 4. The van der Waals surface area contributed by atoms with Gasteiger partial charge in [0.1, 0.15) is 12.1 Å². The average Bonchev–Trinajstić information content (AvgIpc) is 2.87. The van der Waals surface area contributed by atoms with Crippen LogP contribution >= 0.6 is 15.9 Å². The summed E-state index contributed by atoms with van der Waals surface area (Å²) in [4.78, 5) is 8.46. The third kappa shape index (κ3) is 2.38. The molecule has 0 unspecified atom stereocenters. The molecule has 0 bridgehead atoms. The summed E-state index contributed by atoms with van der Waals surface area (Å²) in [6, 6.07) is 10.3. The molecule has 0 amide bonds. The van der Waals surface area contributed by atoms with E-state index in [9.17, 15) is 0 Å². The second-order valence-corrected chi connectivity index (χ2v) is 5.50. The number of fused-ring (bicyclic) bond motifs is 1. The molecule has 5 nitrogen and oxygen atoms in total. The van der Waals surface area contributed by atoms with Crippen molar-refractivity contribution in [2.75, 3.05) is 5.32 Å². The van der Waals surface area contributed by atoms with Gasteiger partial charge in [0.2, 0.25) is 0 Å². The van der Waals surface area contributed by atoms with Gasteiger partial charge < -0.3 is 5.32 Å². The van der Waals surface area contributed by atoms with Crippen molar-refractivity contribution in [3.63, 3.8) is 0 Å². The molecular formula is C14H14BrN5. The Labute approximate surface area is 125 Å². The normalized spacial score (nSPS) is 12.6. The zero-order valence-corrected chi connectivity index (χ0v) is 12.8. The molecule has 1 atom stereocenters. The van der Waals surface area contributed by atoms with Crippen LogP contribution in [0.15, 0.2) is 41.1 Å². The highest BCUT2D eigenvalue weighted by Crippen LogP contribution is 2.26. The smallest absolute Gasteiger partial charge is 0.254 e. The maximum Gasteiger partial charge on any atom is 0.254 e. The molecular weight excluding hydrogens is 318 g/mol. The van der Waals surface area contributed by atoms with Crippen LogP contribution in [0.5, 0.6) is 0 Å². The highest BCUT2D eigenvalue weighted by atomic mass is 79.9. The Balaban J connectivity index is 1.97. The quantitative estimate of drug-likeness (QED) is 0.799. The van der Waals surface area contributed by atoms with E-state index in [1.165, 1.54) is 11.9 Å². The summed E-state index contributed by atoms with van der Waals surface area (Å²) in [7, 11) is 0. The van der Waals surface area contributed by atoms with E-state index in [0.717, 1.165) is 16.0 Å². The van der Waals surface area contributed by atoms with Crippen LogP contribution in [0, 0.1) is 6.92 Å². The van der Waals surface area contributed by atoms with Crippen LogP contribution in [0.3, 0.4) is 0 Å². The Morgan fingerprint density at radius 3 is 2.90 bits per heavy atom. The summed E-state index contributed by atoms with van der Waals surface area (Å²) in [5.41, 5.74) is 2.10. The summed E-state index contributed by atoms with van der Waals surface area (Å²) in [5, 5.41) is 7.66. The maximum absolute atomic E-state index is 4.33. The molecule has 3 aromatic rings. The lowest BCUT2D eigenvalue weighted by molar-refractivity contribution is 0.834. The molecule has 102 valence electrons. The molecule has 6 heteroatoms. The van der Waals surface area contributed by atoms with Crippen molar-refractivity contribution >= 4 is 27.5 Å². The standard InChI is InChI=1S/C14H14BrN5/c1-9-7-13(20-14(18-9)16-8-17-20)19-10(2)11-5-3-4-6-12(11)15/h3-8,10,19H,1-2H3/t10-/m0/s1. The molecule has 0 aliphatic rings. The molecule has 1 aromatic carbocycles. The number of rotatable bonds is 3. The van der Waals surface area contributed by atoms with E-state index >= 15 is 0 Å². The lowest BCUT2D eigenvalue weighted by Gasteiger charge is -2.17. The van der Waals surface area contributed by atoms with Crippen LogP contribution in [-0.2, 0) is 0 Å². The average molecular weight is 332 g/mol. The molecule has 0 aliphatic heterocycles. The van der Waals surface area contributed by atoms with E-state index in [1.54, 1.807) is 4.52 Å². The fraction of sp³-hybridized carbons (Fsp3) is 0.214. The van der Waals surface area contributed by atoms with Crippen molar-refractivity contribution < 1.29 is 0 Å². The van der Waals surface area contributed by atoms with Crippen LogP contribution in [0.25, 0.3) is 5.78 Å². The zero-order chi connectivity index (χ0) is 14.1. The minimum Gasteiger partial charge on any atom is -0.363 e. The highest BCUT2D eigenvalue weighted by Gasteiger charge is 2.12. The van der Waals surface area contributed by atoms with Gasteiger partial charge in [-0.25, -0.2) is 4.98 Å². The fourth-order valence-electron chi connectivity index (χ4n) is 2.16. The van der Waals surface area contributed by atoms with Crippen LogP contribution in [0.2, 0.25) is 0 Å². The Morgan fingerprint density at radius 2 is 2.10 bits per heavy atom. The fourth-order valence-corrected chi connectivity index (χ4v) is 2.79. The minimum atomic E-state index is 0.139. The highest BCUT2D eigenvalue weighted by molar-refractivity contribution is 9.10. The minimum absolute atomic E-state index is 0.139. The Kier molecular flexibility index (Phi) is 3.40. The van der Waals surface area contributed by atoms with Gasteiger partial charge in [-0.1, -0.05) is 34.1 Å². The van der Waals surface area contributed by atoms with Crippen molar-refractivity contribution in [3.8, 4) is 0 Å². The molecule has 0 radical (unpaired) electrons. The topological polar surface area (TPSA) is 55.1 Å². The lowest BCUT2D eigenvalue weighted by atomic mass is 10.1. The molecule has 0 aliphatic carbocycles. The van der Waals surface area contributed by atoms with Crippen LogP contribution < -0.4 is 5.32 Å². The number of benzene rings is 1. The molecule has 2 aromatic heterocycles.